The highest BCUT2D eigenvalue weighted by molar-refractivity contribution is 6.03. The molecule has 9 aromatic rings. The number of hydrogen-bond acceptors (Lipinski definition) is 3. The Morgan fingerprint density at radius 2 is 1.19 bits per heavy atom. The summed E-state index contributed by atoms with van der Waals surface area (Å²) in [5.41, 5.74) is 14.9. The highest BCUT2D eigenvalue weighted by Gasteiger charge is 2.46. The maximum atomic E-state index is 6.31. The zero-order valence-corrected chi connectivity index (χ0v) is 25.3. The lowest BCUT2D eigenvalue weighted by Crippen LogP contribution is -2.28. The molecule has 47 heavy (non-hydrogen) atoms. The summed E-state index contributed by atoms with van der Waals surface area (Å²) in [6, 6.07) is 52.2. The average molecular weight is 602 g/mol. The van der Waals surface area contributed by atoms with Crippen LogP contribution in [0.25, 0.3) is 61.2 Å². The molecule has 0 saturated carbocycles. The monoisotopic (exact) mass is 601 g/mol. The molecule has 4 heterocycles. The third kappa shape index (κ3) is 3.70. The van der Waals surface area contributed by atoms with E-state index in [9.17, 15) is 0 Å². The smallest absolute Gasteiger partial charge is 0.232 e. The minimum atomic E-state index is -0.521. The van der Waals surface area contributed by atoms with E-state index in [1.54, 1.807) is 0 Å². The first-order valence-corrected chi connectivity index (χ1v) is 15.9. The summed E-state index contributed by atoms with van der Waals surface area (Å²) in [6.45, 7) is 0. The van der Waals surface area contributed by atoms with Crippen LogP contribution in [0.4, 0.5) is 0 Å². The first kappa shape index (κ1) is 26.0. The second-order valence-electron chi connectivity index (χ2n) is 12.3. The van der Waals surface area contributed by atoms with E-state index in [2.05, 4.69) is 137 Å². The Balaban J connectivity index is 1.24. The van der Waals surface area contributed by atoms with Gasteiger partial charge in [0.1, 0.15) is 16.7 Å². The molecule has 0 fully saturated rings. The van der Waals surface area contributed by atoms with Gasteiger partial charge in [-0.1, -0.05) is 103 Å². The van der Waals surface area contributed by atoms with Crippen molar-refractivity contribution in [3.8, 4) is 33.4 Å². The number of fused-ring (bicyclic) bond motifs is 8. The molecule has 0 spiro atoms. The lowest BCUT2D eigenvalue weighted by Gasteiger charge is -2.34. The molecular formula is C43H27N3O. The summed E-state index contributed by atoms with van der Waals surface area (Å²) in [6.07, 6.45) is 5.93. The molecule has 4 heteroatoms. The minimum absolute atomic E-state index is 0.521. The zero-order valence-electron chi connectivity index (χ0n) is 25.3. The van der Waals surface area contributed by atoms with E-state index in [-0.39, 0.29) is 0 Å². The van der Waals surface area contributed by atoms with Crippen molar-refractivity contribution in [2.24, 2.45) is 0 Å². The molecule has 1 aliphatic rings. The first-order chi connectivity index (χ1) is 23.3. The number of imidazole rings is 1. The third-order valence-electron chi connectivity index (χ3n) is 9.80. The maximum Gasteiger partial charge on any atom is 0.232 e. The number of hydrogen-bond donors (Lipinski definition) is 0. The van der Waals surface area contributed by atoms with E-state index in [0.717, 1.165) is 50.1 Å². The van der Waals surface area contributed by atoms with E-state index in [0.29, 0.717) is 0 Å². The number of furan rings is 1. The Kier molecular flexibility index (Phi) is 5.46. The highest BCUT2D eigenvalue weighted by atomic mass is 16.3. The van der Waals surface area contributed by atoms with Crippen LogP contribution in [-0.2, 0) is 5.41 Å². The van der Waals surface area contributed by atoms with Gasteiger partial charge in [-0.2, -0.15) is 0 Å². The van der Waals surface area contributed by atoms with Crippen LogP contribution in [-0.4, -0.2) is 14.4 Å². The molecule has 10 rings (SSSR count). The lowest BCUT2D eigenvalue weighted by atomic mass is 9.67. The Morgan fingerprint density at radius 3 is 1.87 bits per heavy atom. The molecule has 0 bridgehead atoms. The highest BCUT2D eigenvalue weighted by Crippen LogP contribution is 2.57. The van der Waals surface area contributed by atoms with Crippen molar-refractivity contribution in [2.75, 3.05) is 0 Å². The van der Waals surface area contributed by atoms with E-state index in [1.165, 1.54) is 33.4 Å². The van der Waals surface area contributed by atoms with Crippen LogP contribution in [0.5, 0.6) is 0 Å². The van der Waals surface area contributed by atoms with Crippen molar-refractivity contribution in [1.82, 2.24) is 14.4 Å². The maximum absolute atomic E-state index is 6.31. The van der Waals surface area contributed by atoms with Crippen molar-refractivity contribution in [3.63, 3.8) is 0 Å². The molecular weight excluding hydrogens is 574 g/mol. The fraction of sp³-hybridized carbons (Fsp3) is 0.0233. The van der Waals surface area contributed by atoms with Gasteiger partial charge in [0.15, 0.2) is 0 Å². The SMILES string of the molecule is c1ccc(C2(c3ccccc3)c3cc(-c4cccnc4)ccc3-c3ccc(-c4ccc5nc6c7ccccc7oc6n5c4)cc32)cc1. The molecule has 0 amide bonds. The van der Waals surface area contributed by atoms with Crippen molar-refractivity contribution >= 4 is 27.8 Å². The molecule has 0 atom stereocenters. The number of aromatic nitrogens is 3. The molecule has 0 N–H and O–H groups in total. The standard InChI is InChI=1S/C43H27N3O/c1-3-11-32(12-4-1)43(33-13-5-2-6-14-33)37-24-28(30-10-9-23-44-26-30)17-20-34(37)35-21-18-29(25-38(35)43)31-19-22-40-45-41-36-15-7-8-16-39(36)47-42(41)46(40)27-31/h1-27H. The summed E-state index contributed by atoms with van der Waals surface area (Å²) in [5, 5.41) is 1.03. The summed E-state index contributed by atoms with van der Waals surface area (Å²) < 4.78 is 8.38. The predicted molar refractivity (Wildman–Crippen MR) is 188 cm³/mol. The first-order valence-electron chi connectivity index (χ1n) is 15.9. The average Bonchev–Trinajstić information content (AvgIpc) is 3.79. The molecule has 0 unspecified atom stereocenters. The van der Waals surface area contributed by atoms with Crippen molar-refractivity contribution in [1.29, 1.82) is 0 Å². The van der Waals surface area contributed by atoms with Crippen LogP contribution < -0.4 is 0 Å². The van der Waals surface area contributed by atoms with E-state index >= 15 is 0 Å². The molecule has 4 aromatic heterocycles. The molecule has 0 aliphatic heterocycles. The van der Waals surface area contributed by atoms with Gasteiger partial charge >= 0.3 is 0 Å². The van der Waals surface area contributed by atoms with Crippen molar-refractivity contribution in [3.05, 3.63) is 186 Å². The van der Waals surface area contributed by atoms with Crippen molar-refractivity contribution in [2.45, 2.75) is 5.41 Å². The lowest BCUT2D eigenvalue weighted by molar-refractivity contribution is 0.649. The fourth-order valence-corrected chi connectivity index (χ4v) is 7.70. The van der Waals surface area contributed by atoms with Crippen LogP contribution in [0.3, 0.4) is 0 Å². The zero-order chi connectivity index (χ0) is 31.0. The summed E-state index contributed by atoms with van der Waals surface area (Å²) in [5.74, 6) is 0. The summed E-state index contributed by atoms with van der Waals surface area (Å²) >= 11 is 0. The van der Waals surface area contributed by atoms with Gasteiger partial charge in [-0.25, -0.2) is 4.98 Å². The van der Waals surface area contributed by atoms with Crippen LogP contribution in [0.15, 0.2) is 169 Å². The summed E-state index contributed by atoms with van der Waals surface area (Å²) in [4.78, 5) is 9.35. The van der Waals surface area contributed by atoms with Gasteiger partial charge in [-0.05, 0) is 98.1 Å². The number of para-hydroxylation sites is 1. The number of rotatable bonds is 4. The topological polar surface area (TPSA) is 43.3 Å². The quantitative estimate of drug-likeness (QED) is 0.202. The predicted octanol–water partition coefficient (Wildman–Crippen LogP) is 10.3. The number of nitrogens with zero attached hydrogens (tertiary/aromatic N) is 3. The van der Waals surface area contributed by atoms with Crippen LogP contribution in [0.1, 0.15) is 22.3 Å². The normalized spacial score (nSPS) is 13.3. The van der Waals surface area contributed by atoms with Crippen LogP contribution in [0.2, 0.25) is 0 Å². The Morgan fingerprint density at radius 1 is 0.553 bits per heavy atom. The van der Waals surface area contributed by atoms with E-state index in [1.807, 2.05) is 36.7 Å². The Labute approximate surface area is 271 Å². The van der Waals surface area contributed by atoms with Gasteiger partial charge in [0.2, 0.25) is 5.71 Å². The molecule has 5 aromatic carbocycles. The van der Waals surface area contributed by atoms with Gasteiger partial charge < -0.3 is 4.42 Å². The van der Waals surface area contributed by atoms with Gasteiger partial charge in [0.05, 0.1) is 5.41 Å². The summed E-state index contributed by atoms with van der Waals surface area (Å²) in [7, 11) is 0. The molecule has 0 saturated heterocycles. The largest absolute Gasteiger partial charge is 0.437 e. The number of benzene rings is 5. The van der Waals surface area contributed by atoms with Gasteiger partial charge in [-0.3, -0.25) is 9.38 Å². The van der Waals surface area contributed by atoms with E-state index < -0.39 is 5.41 Å². The second-order valence-corrected chi connectivity index (χ2v) is 12.3. The third-order valence-corrected chi connectivity index (χ3v) is 9.80. The Hall–Kier alpha value is -6.26. The molecule has 1 aliphatic carbocycles. The minimum Gasteiger partial charge on any atom is -0.437 e. The number of pyridine rings is 2. The van der Waals surface area contributed by atoms with Gasteiger partial charge in [0.25, 0.3) is 0 Å². The molecule has 4 nitrogen and oxygen atoms in total. The molecule has 220 valence electrons. The second kappa shape index (κ2) is 9.87. The van der Waals surface area contributed by atoms with E-state index in [4.69, 9.17) is 9.40 Å². The van der Waals surface area contributed by atoms with Gasteiger partial charge in [0, 0.05) is 24.0 Å². The Bertz CT molecular complexity index is 2580. The van der Waals surface area contributed by atoms with Crippen molar-refractivity contribution < 1.29 is 4.42 Å². The molecule has 0 radical (unpaired) electrons. The van der Waals surface area contributed by atoms with Crippen LogP contribution in [0, 0.1) is 0 Å². The van der Waals surface area contributed by atoms with Crippen LogP contribution >= 0.6 is 0 Å². The fourth-order valence-electron chi connectivity index (χ4n) is 7.70. The van der Waals surface area contributed by atoms with Gasteiger partial charge in [-0.15, -0.1) is 0 Å².